The first-order valence-electron chi connectivity index (χ1n) is 12.4. The molecule has 2 unspecified atom stereocenters. The number of rotatable bonds is 6. The Morgan fingerprint density at radius 3 is 2.92 bits per heavy atom. The van der Waals surface area contributed by atoms with Crippen LogP contribution in [0.25, 0.3) is 10.9 Å². The van der Waals surface area contributed by atoms with Gasteiger partial charge in [-0.1, -0.05) is 38.3 Å². The topological polar surface area (TPSA) is 104 Å². The number of carbonyl (C=O) groups is 2. The monoisotopic (exact) mass is 549 g/mol. The molecule has 1 saturated carbocycles. The van der Waals surface area contributed by atoms with Gasteiger partial charge in [-0.15, -0.1) is 23.7 Å². The Balaban J connectivity index is 0.00000304. The van der Waals surface area contributed by atoms with Gasteiger partial charge in [0.1, 0.15) is 5.54 Å². The average Bonchev–Trinajstić information content (AvgIpc) is 3.43. The second kappa shape index (κ2) is 10.8. The molecule has 3 aromatic rings. The van der Waals surface area contributed by atoms with Gasteiger partial charge < -0.3 is 16.0 Å². The molecule has 0 saturated heterocycles. The summed E-state index contributed by atoms with van der Waals surface area (Å²) in [7, 11) is 0. The SMILES string of the molecule is CC(C)CN1CCc2nc(C(=O)NC3CCCCC3(N)C(=O)c3cc4cc(Cl)ccc4[nH]3)sc2C1.Cl. The number of Topliss-reactive ketones (excluding diaryl/α,β-unsaturated/α-hetero) is 1. The van der Waals surface area contributed by atoms with E-state index in [1.165, 1.54) is 11.3 Å². The average molecular weight is 551 g/mol. The van der Waals surface area contributed by atoms with Gasteiger partial charge in [0.15, 0.2) is 5.01 Å². The summed E-state index contributed by atoms with van der Waals surface area (Å²) in [6, 6.07) is 6.80. The number of halogens is 2. The Kier molecular flexibility index (Phi) is 8.12. The molecule has 36 heavy (non-hydrogen) atoms. The van der Waals surface area contributed by atoms with Gasteiger partial charge in [-0.25, -0.2) is 4.98 Å². The Morgan fingerprint density at radius 2 is 2.14 bits per heavy atom. The maximum atomic E-state index is 13.6. The minimum atomic E-state index is -1.18. The third-order valence-electron chi connectivity index (χ3n) is 7.14. The van der Waals surface area contributed by atoms with Crippen LogP contribution in [-0.4, -0.2) is 51.2 Å². The number of aromatic nitrogens is 2. The number of nitrogens with zero attached hydrogens (tertiary/aromatic N) is 2. The van der Waals surface area contributed by atoms with Crippen LogP contribution in [0.15, 0.2) is 24.3 Å². The van der Waals surface area contributed by atoms with Crippen molar-refractivity contribution in [1.29, 1.82) is 0 Å². The molecule has 3 heterocycles. The zero-order valence-electron chi connectivity index (χ0n) is 20.6. The number of thiazole rings is 1. The van der Waals surface area contributed by atoms with E-state index < -0.39 is 11.6 Å². The van der Waals surface area contributed by atoms with Crippen molar-refractivity contribution in [2.45, 2.75) is 64.1 Å². The highest BCUT2D eigenvalue weighted by atomic mass is 35.5. The highest BCUT2D eigenvalue weighted by molar-refractivity contribution is 7.13. The molecule has 5 rings (SSSR count). The molecular weight excluding hydrogens is 517 g/mol. The Bertz CT molecular complexity index is 1270. The lowest BCUT2D eigenvalue weighted by molar-refractivity contribution is 0.0755. The summed E-state index contributed by atoms with van der Waals surface area (Å²) in [5, 5.41) is 5.02. The lowest BCUT2D eigenvalue weighted by Crippen LogP contribution is -2.64. The number of nitrogens with one attached hydrogen (secondary N) is 2. The number of ketones is 1. The minimum absolute atomic E-state index is 0. The van der Waals surface area contributed by atoms with E-state index in [1.807, 2.05) is 12.1 Å². The second-order valence-corrected chi connectivity index (χ2v) is 11.8. The van der Waals surface area contributed by atoms with Gasteiger partial charge in [0.05, 0.1) is 17.4 Å². The maximum absolute atomic E-state index is 13.6. The van der Waals surface area contributed by atoms with E-state index in [9.17, 15) is 9.59 Å². The first-order chi connectivity index (χ1) is 16.7. The molecule has 7 nitrogen and oxygen atoms in total. The van der Waals surface area contributed by atoms with E-state index in [4.69, 9.17) is 17.3 Å². The summed E-state index contributed by atoms with van der Waals surface area (Å²) >= 11 is 7.57. The van der Waals surface area contributed by atoms with Crippen LogP contribution in [-0.2, 0) is 13.0 Å². The maximum Gasteiger partial charge on any atom is 0.280 e. The summed E-state index contributed by atoms with van der Waals surface area (Å²) in [6.45, 7) is 7.28. The summed E-state index contributed by atoms with van der Waals surface area (Å²) in [4.78, 5) is 38.3. The van der Waals surface area contributed by atoms with Gasteiger partial charge in [0.2, 0.25) is 5.78 Å². The van der Waals surface area contributed by atoms with Crippen molar-refractivity contribution in [2.24, 2.45) is 11.7 Å². The van der Waals surface area contributed by atoms with Crippen molar-refractivity contribution in [3.63, 3.8) is 0 Å². The van der Waals surface area contributed by atoms with Gasteiger partial charge in [-0.3, -0.25) is 14.5 Å². The Morgan fingerprint density at radius 1 is 1.33 bits per heavy atom. The number of nitrogens with two attached hydrogens (primary N) is 1. The Labute approximate surface area is 226 Å². The van der Waals surface area contributed by atoms with Crippen molar-refractivity contribution in [2.75, 3.05) is 13.1 Å². The smallest absolute Gasteiger partial charge is 0.280 e. The predicted octanol–water partition coefficient (Wildman–Crippen LogP) is 4.97. The molecule has 10 heteroatoms. The number of fused-ring (bicyclic) bond motifs is 2. The summed E-state index contributed by atoms with van der Waals surface area (Å²) < 4.78 is 0. The second-order valence-electron chi connectivity index (χ2n) is 10.3. The molecule has 1 fully saturated rings. The molecule has 1 amide bonds. The summed E-state index contributed by atoms with van der Waals surface area (Å²) in [5.41, 5.74) is 7.91. The number of hydrogen-bond donors (Lipinski definition) is 3. The van der Waals surface area contributed by atoms with E-state index in [0.29, 0.717) is 34.5 Å². The van der Waals surface area contributed by atoms with E-state index >= 15 is 0 Å². The quantitative estimate of drug-likeness (QED) is 0.376. The number of benzene rings is 1. The van der Waals surface area contributed by atoms with Crippen LogP contribution in [0.5, 0.6) is 0 Å². The fourth-order valence-corrected chi connectivity index (χ4v) is 6.62. The van der Waals surface area contributed by atoms with Crippen molar-refractivity contribution in [3.8, 4) is 0 Å². The third kappa shape index (κ3) is 5.34. The van der Waals surface area contributed by atoms with Crippen molar-refractivity contribution in [1.82, 2.24) is 20.2 Å². The highest BCUT2D eigenvalue weighted by Gasteiger charge is 2.45. The lowest BCUT2D eigenvalue weighted by atomic mass is 9.74. The van der Waals surface area contributed by atoms with Crippen molar-refractivity contribution >= 4 is 57.9 Å². The number of hydrogen-bond acceptors (Lipinski definition) is 6. The van der Waals surface area contributed by atoms with Crippen LogP contribution in [0.4, 0.5) is 0 Å². The van der Waals surface area contributed by atoms with Gasteiger partial charge in [-0.2, -0.15) is 0 Å². The van der Waals surface area contributed by atoms with Crippen LogP contribution in [0.3, 0.4) is 0 Å². The molecule has 2 aliphatic rings. The van der Waals surface area contributed by atoms with E-state index in [2.05, 4.69) is 34.0 Å². The zero-order chi connectivity index (χ0) is 24.7. The fraction of sp³-hybridized carbons (Fsp3) is 0.500. The molecule has 0 bridgehead atoms. The van der Waals surface area contributed by atoms with Crippen LogP contribution in [0.1, 0.15) is 70.4 Å². The van der Waals surface area contributed by atoms with E-state index in [-0.39, 0.29) is 24.1 Å². The number of H-pyrrole nitrogens is 1. The fourth-order valence-electron chi connectivity index (χ4n) is 5.38. The molecule has 4 N–H and O–H groups in total. The number of carbonyl (C=O) groups excluding carboxylic acids is 2. The molecule has 194 valence electrons. The molecular formula is C26H33Cl2N5O2S. The van der Waals surface area contributed by atoms with E-state index in [1.54, 1.807) is 12.1 Å². The van der Waals surface area contributed by atoms with Crippen molar-refractivity contribution in [3.05, 3.63) is 50.6 Å². The van der Waals surface area contributed by atoms with Crippen LogP contribution < -0.4 is 11.1 Å². The number of aromatic amines is 1. The highest BCUT2D eigenvalue weighted by Crippen LogP contribution is 2.32. The molecule has 2 atom stereocenters. The molecule has 0 spiro atoms. The molecule has 1 aliphatic carbocycles. The van der Waals surface area contributed by atoms with Gasteiger partial charge in [0.25, 0.3) is 5.91 Å². The lowest BCUT2D eigenvalue weighted by Gasteiger charge is -2.39. The van der Waals surface area contributed by atoms with Gasteiger partial charge in [0, 0.05) is 46.9 Å². The predicted molar refractivity (Wildman–Crippen MR) is 147 cm³/mol. The minimum Gasteiger partial charge on any atom is -0.352 e. The molecule has 1 aliphatic heterocycles. The first kappa shape index (κ1) is 27.1. The first-order valence-corrected chi connectivity index (χ1v) is 13.6. The standard InChI is InChI=1S/C26H32ClN5O2S.ClH/c1-15(2)13-32-10-8-19-21(14-32)35-25(30-19)24(34)31-22-5-3-4-9-26(22,28)23(33)20-12-16-11-17(27)6-7-18(16)29-20;/h6-7,11-12,15,22,29H,3-5,8-10,13-14,28H2,1-2H3,(H,31,34);1H. The summed E-state index contributed by atoms with van der Waals surface area (Å²) in [5.74, 6) is 0.179. The largest absolute Gasteiger partial charge is 0.352 e. The van der Waals surface area contributed by atoms with Crippen LogP contribution >= 0.6 is 35.3 Å². The molecule has 1 aromatic carbocycles. The molecule has 2 aromatic heterocycles. The Hall–Kier alpha value is -1.97. The number of amides is 1. The third-order valence-corrected chi connectivity index (χ3v) is 8.45. The van der Waals surface area contributed by atoms with Gasteiger partial charge in [-0.05, 0) is 43.0 Å². The zero-order valence-corrected chi connectivity index (χ0v) is 23.0. The normalized spacial score (nSPS) is 22.3. The summed E-state index contributed by atoms with van der Waals surface area (Å²) in [6.07, 6.45) is 3.80. The van der Waals surface area contributed by atoms with Crippen LogP contribution in [0, 0.1) is 5.92 Å². The van der Waals surface area contributed by atoms with Gasteiger partial charge >= 0.3 is 0 Å². The van der Waals surface area contributed by atoms with Crippen molar-refractivity contribution < 1.29 is 9.59 Å². The molecule has 0 radical (unpaired) electrons. The van der Waals surface area contributed by atoms with Crippen LogP contribution in [0.2, 0.25) is 5.02 Å². The van der Waals surface area contributed by atoms with E-state index in [0.717, 1.165) is 60.4 Å².